The third-order valence-corrected chi connectivity index (χ3v) is 8.10. The van der Waals surface area contributed by atoms with Gasteiger partial charge >= 0.3 is 0 Å². The van der Waals surface area contributed by atoms with Crippen LogP contribution in [-0.2, 0) is 26.2 Å². The second-order valence-electron chi connectivity index (χ2n) is 8.19. The minimum atomic E-state index is -3.68. The molecule has 2 aromatic rings. The third-order valence-electron chi connectivity index (χ3n) is 5.97. The first-order valence-electron chi connectivity index (χ1n) is 10.8. The Morgan fingerprint density at radius 1 is 1.09 bits per heavy atom. The number of rotatable bonds is 6. The number of hydrogen-bond acceptors (Lipinski definition) is 4. The van der Waals surface area contributed by atoms with Gasteiger partial charge in [-0.05, 0) is 61.2 Å². The van der Waals surface area contributed by atoms with Gasteiger partial charge in [-0.3, -0.25) is 9.59 Å². The molecule has 2 aromatic carbocycles. The summed E-state index contributed by atoms with van der Waals surface area (Å²) in [5.41, 5.74) is 1.74. The van der Waals surface area contributed by atoms with E-state index in [0.29, 0.717) is 43.9 Å². The minimum absolute atomic E-state index is 0.121. The molecular formula is C23H26ClN3O4S. The molecule has 170 valence electrons. The van der Waals surface area contributed by atoms with Gasteiger partial charge in [0.15, 0.2) is 0 Å². The van der Waals surface area contributed by atoms with E-state index in [0.717, 1.165) is 17.7 Å². The van der Waals surface area contributed by atoms with E-state index in [1.165, 1.54) is 16.4 Å². The second-order valence-corrected chi connectivity index (χ2v) is 10.6. The van der Waals surface area contributed by atoms with Crippen molar-refractivity contribution in [2.45, 2.75) is 37.1 Å². The molecule has 0 aliphatic carbocycles. The Labute approximate surface area is 193 Å². The van der Waals surface area contributed by atoms with Crippen LogP contribution in [-0.4, -0.2) is 44.2 Å². The maximum atomic E-state index is 13.0. The Hall–Kier alpha value is -2.42. The summed E-state index contributed by atoms with van der Waals surface area (Å²) in [7, 11) is -3.68. The number of nitrogens with zero attached hydrogens (tertiary/aromatic N) is 2. The molecule has 7 nitrogen and oxygen atoms in total. The first-order valence-corrected chi connectivity index (χ1v) is 12.6. The number of piperidine rings is 1. The molecule has 0 aromatic heterocycles. The zero-order valence-electron chi connectivity index (χ0n) is 17.7. The topological polar surface area (TPSA) is 86.8 Å². The molecule has 0 spiro atoms. The van der Waals surface area contributed by atoms with Crippen molar-refractivity contribution in [3.05, 3.63) is 59.1 Å². The van der Waals surface area contributed by atoms with Gasteiger partial charge in [-0.15, -0.1) is 0 Å². The van der Waals surface area contributed by atoms with Gasteiger partial charge in [0.25, 0.3) is 0 Å². The molecule has 0 unspecified atom stereocenters. The van der Waals surface area contributed by atoms with Crippen molar-refractivity contribution in [3.63, 3.8) is 0 Å². The van der Waals surface area contributed by atoms with Gasteiger partial charge in [-0.25, -0.2) is 8.42 Å². The number of sulfonamides is 1. The number of nitrogens with one attached hydrogen (secondary N) is 1. The van der Waals surface area contributed by atoms with Crippen LogP contribution in [0.2, 0.25) is 5.02 Å². The molecule has 0 saturated carbocycles. The van der Waals surface area contributed by atoms with Gasteiger partial charge in [0.2, 0.25) is 21.8 Å². The minimum Gasteiger partial charge on any atom is -0.352 e. The van der Waals surface area contributed by atoms with E-state index in [1.807, 2.05) is 24.3 Å². The molecule has 4 rings (SSSR count). The van der Waals surface area contributed by atoms with E-state index in [-0.39, 0.29) is 23.3 Å². The first-order chi connectivity index (χ1) is 15.3. The number of amides is 2. The van der Waals surface area contributed by atoms with E-state index >= 15 is 0 Å². The van der Waals surface area contributed by atoms with E-state index in [4.69, 9.17) is 11.6 Å². The normalized spacial score (nSPS) is 19.8. The summed E-state index contributed by atoms with van der Waals surface area (Å²) >= 11 is 5.87. The fourth-order valence-electron chi connectivity index (χ4n) is 4.22. The van der Waals surface area contributed by atoms with Crippen molar-refractivity contribution in [1.82, 2.24) is 9.62 Å². The van der Waals surface area contributed by atoms with Gasteiger partial charge in [-0.2, -0.15) is 4.31 Å². The maximum Gasteiger partial charge on any atom is 0.243 e. The summed E-state index contributed by atoms with van der Waals surface area (Å²) in [6.07, 6.45) is 2.69. The van der Waals surface area contributed by atoms with Crippen LogP contribution in [0.3, 0.4) is 0 Å². The summed E-state index contributed by atoms with van der Waals surface area (Å²) in [5, 5.41) is 3.41. The molecule has 32 heavy (non-hydrogen) atoms. The number of anilines is 1. The summed E-state index contributed by atoms with van der Waals surface area (Å²) in [5.74, 6) is -0.451. The molecule has 2 fully saturated rings. The summed E-state index contributed by atoms with van der Waals surface area (Å²) in [6, 6.07) is 13.7. The molecule has 2 saturated heterocycles. The fraction of sp³-hybridized carbons (Fsp3) is 0.391. The largest absolute Gasteiger partial charge is 0.352 e. The summed E-state index contributed by atoms with van der Waals surface area (Å²) in [4.78, 5) is 26.7. The zero-order chi connectivity index (χ0) is 22.7. The Balaban J connectivity index is 1.38. The van der Waals surface area contributed by atoms with Crippen LogP contribution in [0.15, 0.2) is 53.4 Å². The Morgan fingerprint density at radius 3 is 2.59 bits per heavy atom. The molecule has 2 amide bonds. The predicted molar refractivity (Wildman–Crippen MR) is 123 cm³/mol. The lowest BCUT2D eigenvalue weighted by Crippen LogP contribution is -2.45. The van der Waals surface area contributed by atoms with Crippen molar-refractivity contribution >= 4 is 39.1 Å². The van der Waals surface area contributed by atoms with Crippen LogP contribution in [0, 0.1) is 5.92 Å². The van der Waals surface area contributed by atoms with Crippen LogP contribution >= 0.6 is 11.6 Å². The maximum absolute atomic E-state index is 13.0. The molecule has 2 aliphatic heterocycles. The monoisotopic (exact) mass is 475 g/mol. The quantitative estimate of drug-likeness (QED) is 0.695. The van der Waals surface area contributed by atoms with Crippen molar-refractivity contribution in [3.8, 4) is 0 Å². The van der Waals surface area contributed by atoms with E-state index in [1.54, 1.807) is 17.0 Å². The molecule has 2 aliphatic rings. The van der Waals surface area contributed by atoms with Gasteiger partial charge in [0.05, 0.1) is 10.8 Å². The highest BCUT2D eigenvalue weighted by Gasteiger charge is 2.33. The molecular weight excluding hydrogens is 450 g/mol. The molecule has 0 radical (unpaired) electrons. The average Bonchev–Trinajstić information content (AvgIpc) is 3.24. The van der Waals surface area contributed by atoms with Gasteiger partial charge < -0.3 is 10.2 Å². The summed E-state index contributed by atoms with van der Waals surface area (Å²) < 4.78 is 27.3. The van der Waals surface area contributed by atoms with Gasteiger partial charge in [-0.1, -0.05) is 23.7 Å². The average molecular weight is 476 g/mol. The van der Waals surface area contributed by atoms with Gasteiger partial charge in [0.1, 0.15) is 0 Å². The van der Waals surface area contributed by atoms with Crippen molar-refractivity contribution in [1.29, 1.82) is 0 Å². The van der Waals surface area contributed by atoms with Crippen molar-refractivity contribution in [2.75, 3.05) is 24.5 Å². The number of halogens is 1. The number of carbonyl (C=O) groups is 2. The van der Waals surface area contributed by atoms with Crippen LogP contribution in [0.1, 0.15) is 31.2 Å². The van der Waals surface area contributed by atoms with Crippen molar-refractivity contribution in [2.24, 2.45) is 5.92 Å². The Bertz CT molecular complexity index is 1100. The van der Waals surface area contributed by atoms with E-state index in [9.17, 15) is 18.0 Å². The van der Waals surface area contributed by atoms with Crippen molar-refractivity contribution < 1.29 is 18.0 Å². The lowest BCUT2D eigenvalue weighted by molar-refractivity contribution is -0.126. The van der Waals surface area contributed by atoms with E-state index < -0.39 is 15.9 Å². The fourth-order valence-corrected chi connectivity index (χ4v) is 5.87. The highest BCUT2D eigenvalue weighted by Crippen LogP contribution is 2.25. The van der Waals surface area contributed by atoms with E-state index in [2.05, 4.69) is 5.32 Å². The number of benzene rings is 2. The molecule has 9 heteroatoms. The van der Waals surface area contributed by atoms with Crippen LogP contribution in [0.5, 0.6) is 0 Å². The Morgan fingerprint density at radius 2 is 1.88 bits per heavy atom. The van der Waals surface area contributed by atoms with Crippen LogP contribution < -0.4 is 10.2 Å². The molecule has 2 heterocycles. The molecule has 0 bridgehead atoms. The smallest absolute Gasteiger partial charge is 0.243 e. The third kappa shape index (κ3) is 4.98. The van der Waals surface area contributed by atoms with Crippen LogP contribution in [0.4, 0.5) is 5.69 Å². The highest BCUT2D eigenvalue weighted by molar-refractivity contribution is 7.89. The Kier molecular flexibility index (Phi) is 6.83. The highest BCUT2D eigenvalue weighted by atomic mass is 35.5. The standard InChI is InChI=1S/C23H26ClN3O4S/c24-19-8-10-21(11-9-19)32(30,31)26-12-2-5-18(16-26)23(29)25-15-17-4-1-6-20(14-17)27-13-3-7-22(27)28/h1,4,6,8-11,14,18H,2-3,5,7,12-13,15-16H2,(H,25,29)/t18-/m1/s1. The number of hydrogen-bond donors (Lipinski definition) is 1. The second kappa shape index (κ2) is 9.60. The van der Waals surface area contributed by atoms with Crippen LogP contribution in [0.25, 0.3) is 0 Å². The lowest BCUT2D eigenvalue weighted by Gasteiger charge is -2.31. The SMILES string of the molecule is O=C(NCc1cccc(N2CCCC2=O)c1)[C@@H]1CCCN(S(=O)(=O)c2ccc(Cl)cc2)C1. The zero-order valence-corrected chi connectivity index (χ0v) is 19.2. The molecule has 1 N–H and O–H groups in total. The number of carbonyl (C=O) groups excluding carboxylic acids is 2. The first kappa shape index (κ1) is 22.8. The predicted octanol–water partition coefficient (Wildman–Crippen LogP) is 3.18. The lowest BCUT2D eigenvalue weighted by atomic mass is 9.98. The van der Waals surface area contributed by atoms with Gasteiger partial charge in [0, 0.05) is 43.3 Å². The summed E-state index contributed by atoms with van der Waals surface area (Å²) in [6.45, 7) is 1.59. The molecule has 1 atom stereocenters.